The van der Waals surface area contributed by atoms with Crippen LogP contribution in [0, 0.1) is 12.8 Å². The fourth-order valence-corrected chi connectivity index (χ4v) is 2.83. The molecule has 0 saturated heterocycles. The molecule has 0 aliphatic carbocycles. The van der Waals surface area contributed by atoms with E-state index < -0.39 is 6.03 Å². The maximum Gasteiger partial charge on any atom is 0.321 e. The van der Waals surface area contributed by atoms with Crippen molar-refractivity contribution < 1.29 is 9.59 Å². The quantitative estimate of drug-likeness (QED) is 0.738. The lowest BCUT2D eigenvalue weighted by Gasteiger charge is -2.09. The molecule has 1 aromatic heterocycles. The summed E-state index contributed by atoms with van der Waals surface area (Å²) in [7, 11) is 0. The van der Waals surface area contributed by atoms with Crippen LogP contribution in [0.5, 0.6) is 0 Å². The van der Waals surface area contributed by atoms with Crippen LogP contribution in [0.4, 0.5) is 4.79 Å². The van der Waals surface area contributed by atoms with Crippen molar-refractivity contribution in [3.05, 3.63) is 41.7 Å². The number of imide groups is 1. The fraction of sp³-hybridized carbons (Fsp3) is 0.412. The monoisotopic (exact) mass is 361 g/mol. The van der Waals surface area contributed by atoms with E-state index in [9.17, 15) is 9.59 Å². The van der Waals surface area contributed by atoms with Crippen molar-refractivity contribution in [2.75, 3.05) is 12.3 Å². The van der Waals surface area contributed by atoms with E-state index in [1.54, 1.807) is 0 Å². The average molecular weight is 361 g/mol. The maximum atomic E-state index is 11.9. The zero-order chi connectivity index (χ0) is 18.2. The summed E-state index contributed by atoms with van der Waals surface area (Å²) in [5.74, 6) is 0.844. The van der Waals surface area contributed by atoms with Gasteiger partial charge in [0.25, 0.3) is 0 Å². The van der Waals surface area contributed by atoms with Gasteiger partial charge in [-0.25, -0.2) is 4.79 Å². The molecule has 134 valence electrons. The van der Waals surface area contributed by atoms with E-state index in [1.807, 2.05) is 55.7 Å². The summed E-state index contributed by atoms with van der Waals surface area (Å²) in [6.07, 6.45) is 0. The van der Waals surface area contributed by atoms with Gasteiger partial charge in [0.1, 0.15) is 5.82 Å². The second-order valence-electron chi connectivity index (χ2n) is 6.04. The molecule has 2 rings (SSSR count). The lowest BCUT2D eigenvalue weighted by molar-refractivity contribution is -0.117. The molecule has 0 unspecified atom stereocenters. The number of carbonyl (C=O) groups is 2. The number of rotatable bonds is 7. The van der Waals surface area contributed by atoms with Gasteiger partial charge in [0, 0.05) is 6.54 Å². The van der Waals surface area contributed by atoms with Crippen LogP contribution < -0.4 is 10.6 Å². The number of benzene rings is 1. The Morgan fingerprint density at radius 1 is 1.20 bits per heavy atom. The highest BCUT2D eigenvalue weighted by Gasteiger charge is 2.13. The first-order chi connectivity index (χ1) is 12.0. The fourth-order valence-electron chi connectivity index (χ4n) is 2.05. The van der Waals surface area contributed by atoms with Gasteiger partial charge < -0.3 is 9.88 Å². The first-order valence-electron chi connectivity index (χ1n) is 8.10. The Kier molecular flexibility index (Phi) is 7.00. The SMILES string of the molecule is Cc1nnc(SCC(=O)NC(=O)NCC(C)C)n1Cc1ccccc1. The summed E-state index contributed by atoms with van der Waals surface area (Å²) >= 11 is 1.26. The molecule has 2 N–H and O–H groups in total. The largest absolute Gasteiger partial charge is 0.338 e. The van der Waals surface area contributed by atoms with Crippen LogP contribution in [0.25, 0.3) is 0 Å². The van der Waals surface area contributed by atoms with Crippen molar-refractivity contribution in [1.29, 1.82) is 0 Å². The molecule has 8 heteroatoms. The van der Waals surface area contributed by atoms with E-state index in [0.717, 1.165) is 11.4 Å². The third-order valence-corrected chi connectivity index (χ3v) is 4.31. The smallest absolute Gasteiger partial charge is 0.321 e. The van der Waals surface area contributed by atoms with Crippen LogP contribution >= 0.6 is 11.8 Å². The number of carbonyl (C=O) groups excluding carboxylic acids is 2. The number of urea groups is 1. The van der Waals surface area contributed by atoms with Crippen molar-refractivity contribution in [3.63, 3.8) is 0 Å². The van der Waals surface area contributed by atoms with Crippen LogP contribution in [0.15, 0.2) is 35.5 Å². The highest BCUT2D eigenvalue weighted by Crippen LogP contribution is 2.18. The normalized spacial score (nSPS) is 10.7. The Morgan fingerprint density at radius 3 is 2.60 bits per heavy atom. The maximum absolute atomic E-state index is 11.9. The molecule has 2 aromatic rings. The molecular weight excluding hydrogens is 338 g/mol. The third kappa shape index (κ3) is 6.22. The molecule has 0 saturated carbocycles. The molecule has 1 heterocycles. The van der Waals surface area contributed by atoms with Crippen molar-refractivity contribution in [2.24, 2.45) is 5.92 Å². The van der Waals surface area contributed by atoms with Gasteiger partial charge in [0.2, 0.25) is 5.91 Å². The third-order valence-electron chi connectivity index (χ3n) is 3.34. The van der Waals surface area contributed by atoms with Crippen molar-refractivity contribution in [2.45, 2.75) is 32.5 Å². The van der Waals surface area contributed by atoms with Crippen LogP contribution in [-0.4, -0.2) is 39.0 Å². The first kappa shape index (κ1) is 19.0. The number of hydrogen-bond acceptors (Lipinski definition) is 5. The van der Waals surface area contributed by atoms with Crippen LogP contribution in [0.3, 0.4) is 0 Å². The van der Waals surface area contributed by atoms with E-state index in [0.29, 0.717) is 24.2 Å². The summed E-state index contributed by atoms with van der Waals surface area (Å²) in [4.78, 5) is 23.5. The summed E-state index contributed by atoms with van der Waals surface area (Å²) in [5.41, 5.74) is 1.13. The summed E-state index contributed by atoms with van der Waals surface area (Å²) in [5, 5.41) is 13.8. The lowest BCUT2D eigenvalue weighted by atomic mass is 10.2. The molecule has 0 aliphatic rings. The Bertz CT molecular complexity index is 715. The number of nitrogens with one attached hydrogen (secondary N) is 2. The van der Waals surface area contributed by atoms with Gasteiger partial charge in [-0.2, -0.15) is 0 Å². The minimum absolute atomic E-state index is 0.0992. The van der Waals surface area contributed by atoms with E-state index in [1.165, 1.54) is 11.8 Å². The molecular formula is C17H23N5O2S. The number of nitrogens with zero attached hydrogens (tertiary/aromatic N) is 3. The molecule has 25 heavy (non-hydrogen) atoms. The van der Waals surface area contributed by atoms with Crippen molar-refractivity contribution in [3.8, 4) is 0 Å². The molecule has 0 bridgehead atoms. The molecule has 0 fully saturated rings. The summed E-state index contributed by atoms with van der Waals surface area (Å²) in [6, 6.07) is 9.50. The van der Waals surface area contributed by atoms with Gasteiger partial charge in [-0.3, -0.25) is 10.1 Å². The van der Waals surface area contributed by atoms with E-state index in [-0.39, 0.29) is 11.7 Å². The standard InChI is InChI=1S/C17H23N5O2S/c1-12(2)9-18-16(24)19-15(23)11-25-17-21-20-13(3)22(17)10-14-7-5-4-6-8-14/h4-8,12H,9-11H2,1-3H3,(H2,18,19,23,24). The zero-order valence-corrected chi connectivity index (χ0v) is 15.5. The van der Waals surface area contributed by atoms with Gasteiger partial charge >= 0.3 is 6.03 Å². The van der Waals surface area contributed by atoms with Crippen LogP contribution in [-0.2, 0) is 11.3 Å². The van der Waals surface area contributed by atoms with Crippen molar-refractivity contribution >= 4 is 23.7 Å². The van der Waals surface area contributed by atoms with Crippen LogP contribution in [0.2, 0.25) is 0 Å². The highest BCUT2D eigenvalue weighted by molar-refractivity contribution is 7.99. The topological polar surface area (TPSA) is 88.9 Å². The van der Waals surface area contributed by atoms with E-state index in [4.69, 9.17) is 0 Å². The predicted octanol–water partition coefficient (Wildman–Crippen LogP) is 2.21. The minimum atomic E-state index is -0.471. The average Bonchev–Trinajstić information content (AvgIpc) is 2.92. The second kappa shape index (κ2) is 9.22. The Morgan fingerprint density at radius 2 is 1.92 bits per heavy atom. The lowest BCUT2D eigenvalue weighted by Crippen LogP contribution is -2.41. The summed E-state index contributed by atoms with van der Waals surface area (Å²) in [6.45, 7) is 7.01. The first-order valence-corrected chi connectivity index (χ1v) is 9.08. The zero-order valence-electron chi connectivity index (χ0n) is 14.7. The molecule has 0 atom stereocenters. The van der Waals surface area contributed by atoms with Gasteiger partial charge in [0.15, 0.2) is 5.16 Å². The Hall–Kier alpha value is -2.35. The molecule has 0 radical (unpaired) electrons. The molecule has 1 aromatic carbocycles. The van der Waals surface area contributed by atoms with Crippen LogP contribution in [0.1, 0.15) is 25.2 Å². The van der Waals surface area contributed by atoms with Gasteiger partial charge in [-0.15, -0.1) is 10.2 Å². The number of thioether (sulfide) groups is 1. The van der Waals surface area contributed by atoms with E-state index >= 15 is 0 Å². The second-order valence-corrected chi connectivity index (χ2v) is 6.98. The minimum Gasteiger partial charge on any atom is -0.338 e. The van der Waals surface area contributed by atoms with Gasteiger partial charge in [-0.1, -0.05) is 55.9 Å². The summed E-state index contributed by atoms with van der Waals surface area (Å²) < 4.78 is 1.95. The van der Waals surface area contributed by atoms with Gasteiger partial charge in [-0.05, 0) is 18.4 Å². The molecule has 3 amide bonds. The Balaban J connectivity index is 1.88. The number of hydrogen-bond donors (Lipinski definition) is 2. The molecule has 7 nitrogen and oxygen atoms in total. The van der Waals surface area contributed by atoms with E-state index in [2.05, 4.69) is 20.8 Å². The highest BCUT2D eigenvalue weighted by atomic mass is 32.2. The Labute approximate surface area is 151 Å². The molecule has 0 aliphatic heterocycles. The molecule has 0 spiro atoms. The predicted molar refractivity (Wildman–Crippen MR) is 97.4 cm³/mol. The number of amides is 3. The number of aryl methyl sites for hydroxylation is 1. The van der Waals surface area contributed by atoms with Gasteiger partial charge in [0.05, 0.1) is 12.3 Å². The number of aromatic nitrogens is 3. The van der Waals surface area contributed by atoms with Crippen molar-refractivity contribution in [1.82, 2.24) is 25.4 Å².